The van der Waals surface area contributed by atoms with Crippen molar-refractivity contribution >= 4 is 34.5 Å². The zero-order valence-electron chi connectivity index (χ0n) is 15.2. The maximum absolute atomic E-state index is 11.0. The van der Waals surface area contributed by atoms with Gasteiger partial charge in [-0.2, -0.15) is 0 Å². The number of aliphatic hydroxyl groups excluding tert-OH is 1. The molecule has 0 aromatic carbocycles. The number of aliphatic hydroxyl groups is 1. The van der Waals surface area contributed by atoms with Crippen molar-refractivity contribution in [2.75, 3.05) is 57.9 Å². The summed E-state index contributed by atoms with van der Waals surface area (Å²) in [5.74, 6) is -2.04. The molecule has 0 aromatic heterocycles. The van der Waals surface area contributed by atoms with E-state index >= 15 is 0 Å². The molecule has 0 aliphatic carbocycles. The van der Waals surface area contributed by atoms with Gasteiger partial charge in [-0.3, -0.25) is 14.5 Å². The lowest BCUT2D eigenvalue weighted by Crippen LogP contribution is -2.41. The number of hydrogen-bond donors (Lipinski definition) is 3. The van der Waals surface area contributed by atoms with Crippen molar-refractivity contribution in [3.8, 4) is 0 Å². The van der Waals surface area contributed by atoms with E-state index in [-0.39, 0.29) is 31.5 Å². The average Bonchev–Trinajstić information content (AvgIpc) is 2.49. The monoisotopic (exact) mass is 474 g/mol. The third-order valence-corrected chi connectivity index (χ3v) is 4.69. The van der Waals surface area contributed by atoms with E-state index < -0.39 is 18.0 Å². The first-order valence-corrected chi connectivity index (χ1v) is 9.81. The Hall–Kier alpha value is -0.490. The van der Waals surface area contributed by atoms with E-state index in [0.717, 1.165) is 0 Å². The van der Waals surface area contributed by atoms with Crippen LogP contribution in [0.1, 0.15) is 13.3 Å². The molecule has 0 heterocycles. The first-order chi connectivity index (χ1) is 11.6. The van der Waals surface area contributed by atoms with Gasteiger partial charge < -0.3 is 25.0 Å². The van der Waals surface area contributed by atoms with Gasteiger partial charge in [0.15, 0.2) is 0 Å². The standard InChI is InChI=1S/C16H31IN2O6/c1-12(6-13(7-17)16(23)24)10-25-11-14(20)8-19(9-15(21)22)5-4-18(2)3/h12-14,20H,4-11H2,1-3H3,(H,21,22)(H,23,24). The van der Waals surface area contributed by atoms with Gasteiger partial charge in [-0.15, -0.1) is 0 Å². The largest absolute Gasteiger partial charge is 0.481 e. The van der Waals surface area contributed by atoms with Crippen LogP contribution in [0.4, 0.5) is 0 Å². The highest BCUT2D eigenvalue weighted by molar-refractivity contribution is 14.1. The highest BCUT2D eigenvalue weighted by Gasteiger charge is 2.20. The van der Waals surface area contributed by atoms with Gasteiger partial charge in [-0.1, -0.05) is 29.5 Å². The average molecular weight is 474 g/mol. The van der Waals surface area contributed by atoms with E-state index in [4.69, 9.17) is 14.9 Å². The van der Waals surface area contributed by atoms with Crippen molar-refractivity contribution in [1.82, 2.24) is 9.80 Å². The third-order valence-electron chi connectivity index (χ3n) is 3.63. The second kappa shape index (κ2) is 13.7. The Morgan fingerprint density at radius 1 is 1.16 bits per heavy atom. The van der Waals surface area contributed by atoms with Crippen molar-refractivity contribution < 1.29 is 29.6 Å². The number of nitrogens with zero attached hydrogens (tertiary/aromatic N) is 2. The van der Waals surface area contributed by atoms with Gasteiger partial charge in [0, 0.05) is 30.7 Å². The van der Waals surface area contributed by atoms with Crippen LogP contribution in [-0.2, 0) is 14.3 Å². The quantitative estimate of drug-likeness (QED) is 0.232. The molecule has 8 nitrogen and oxygen atoms in total. The smallest absolute Gasteiger partial charge is 0.317 e. The Bertz CT molecular complexity index is 397. The molecule has 0 aromatic rings. The number of alkyl halides is 1. The lowest BCUT2D eigenvalue weighted by molar-refractivity contribution is -0.142. The molecule has 25 heavy (non-hydrogen) atoms. The van der Waals surface area contributed by atoms with Crippen LogP contribution < -0.4 is 0 Å². The Balaban J connectivity index is 4.17. The summed E-state index contributed by atoms with van der Waals surface area (Å²) in [5, 5.41) is 28.1. The van der Waals surface area contributed by atoms with Crippen LogP contribution in [0.5, 0.6) is 0 Å². The maximum Gasteiger partial charge on any atom is 0.317 e. The molecule has 0 fully saturated rings. The highest BCUT2D eigenvalue weighted by atomic mass is 127. The summed E-state index contributed by atoms with van der Waals surface area (Å²) >= 11 is 2.06. The summed E-state index contributed by atoms with van der Waals surface area (Å²) in [6.07, 6.45) is -0.254. The molecule has 0 saturated carbocycles. The number of carbonyl (C=O) groups is 2. The van der Waals surface area contributed by atoms with E-state index in [1.807, 2.05) is 25.9 Å². The number of hydrogen-bond acceptors (Lipinski definition) is 6. The van der Waals surface area contributed by atoms with Crippen LogP contribution in [-0.4, -0.2) is 101 Å². The fraction of sp³-hybridized carbons (Fsp3) is 0.875. The fourth-order valence-electron chi connectivity index (χ4n) is 2.31. The van der Waals surface area contributed by atoms with Crippen molar-refractivity contribution in [2.45, 2.75) is 19.4 Å². The van der Waals surface area contributed by atoms with Gasteiger partial charge in [0.1, 0.15) is 0 Å². The van der Waals surface area contributed by atoms with Crippen LogP contribution >= 0.6 is 22.6 Å². The van der Waals surface area contributed by atoms with Crippen LogP contribution in [0.3, 0.4) is 0 Å². The summed E-state index contributed by atoms with van der Waals surface area (Å²) < 4.78 is 6.04. The molecule has 0 spiro atoms. The summed E-state index contributed by atoms with van der Waals surface area (Å²) in [6.45, 7) is 3.73. The molecule has 3 atom stereocenters. The van der Waals surface area contributed by atoms with Crippen LogP contribution in [0.15, 0.2) is 0 Å². The number of rotatable bonds is 15. The highest BCUT2D eigenvalue weighted by Crippen LogP contribution is 2.15. The van der Waals surface area contributed by atoms with E-state index in [2.05, 4.69) is 22.6 Å². The van der Waals surface area contributed by atoms with Gasteiger partial charge in [-0.25, -0.2) is 0 Å². The maximum atomic E-state index is 11.0. The van der Waals surface area contributed by atoms with Crippen LogP contribution in [0.25, 0.3) is 0 Å². The molecular weight excluding hydrogens is 443 g/mol. The summed E-state index contributed by atoms with van der Waals surface area (Å²) in [5.41, 5.74) is 0. The van der Waals surface area contributed by atoms with Crippen LogP contribution in [0.2, 0.25) is 0 Å². The third kappa shape index (κ3) is 13.4. The van der Waals surface area contributed by atoms with E-state index in [1.165, 1.54) is 0 Å². The molecular formula is C16H31IN2O6. The Kier molecular flexibility index (Phi) is 13.4. The second-order valence-electron chi connectivity index (χ2n) is 6.65. The Labute approximate surface area is 163 Å². The lowest BCUT2D eigenvalue weighted by Gasteiger charge is -2.25. The molecule has 0 rings (SSSR count). The zero-order valence-corrected chi connectivity index (χ0v) is 17.4. The minimum absolute atomic E-state index is 0.0759. The Morgan fingerprint density at radius 2 is 1.80 bits per heavy atom. The second-order valence-corrected chi connectivity index (χ2v) is 7.53. The van der Waals surface area contributed by atoms with Crippen molar-refractivity contribution in [3.05, 3.63) is 0 Å². The molecule has 3 unspecified atom stereocenters. The van der Waals surface area contributed by atoms with Crippen molar-refractivity contribution in [3.63, 3.8) is 0 Å². The van der Waals surface area contributed by atoms with E-state index in [1.54, 1.807) is 4.90 Å². The number of carboxylic acids is 2. The van der Waals surface area contributed by atoms with Gasteiger partial charge in [-0.05, 0) is 26.4 Å². The van der Waals surface area contributed by atoms with E-state index in [9.17, 15) is 14.7 Å². The summed E-state index contributed by atoms with van der Waals surface area (Å²) in [4.78, 5) is 25.6. The lowest BCUT2D eigenvalue weighted by atomic mass is 9.98. The molecule has 148 valence electrons. The number of likely N-dealkylation sites (N-methyl/N-ethyl adjacent to an activating group) is 1. The van der Waals surface area contributed by atoms with Crippen LogP contribution in [0, 0.1) is 11.8 Å². The Morgan fingerprint density at radius 3 is 2.28 bits per heavy atom. The molecule has 0 radical (unpaired) electrons. The first-order valence-electron chi connectivity index (χ1n) is 8.29. The van der Waals surface area contributed by atoms with Gasteiger partial charge in [0.2, 0.25) is 0 Å². The molecule has 9 heteroatoms. The van der Waals surface area contributed by atoms with Gasteiger partial charge >= 0.3 is 11.9 Å². The first kappa shape index (κ1) is 24.5. The normalized spacial score (nSPS) is 15.3. The zero-order chi connectivity index (χ0) is 19.4. The number of ether oxygens (including phenoxy) is 1. The number of aliphatic carboxylic acids is 2. The summed E-state index contributed by atoms with van der Waals surface area (Å²) in [6, 6.07) is 0. The molecule has 0 aliphatic rings. The van der Waals surface area contributed by atoms with Gasteiger partial charge in [0.25, 0.3) is 0 Å². The minimum atomic E-state index is -0.931. The van der Waals surface area contributed by atoms with Gasteiger partial charge in [0.05, 0.1) is 25.2 Å². The predicted molar refractivity (Wildman–Crippen MR) is 103 cm³/mol. The topological polar surface area (TPSA) is 111 Å². The minimum Gasteiger partial charge on any atom is -0.481 e. The fourth-order valence-corrected chi connectivity index (χ4v) is 3.04. The molecule has 3 N–H and O–H groups in total. The predicted octanol–water partition coefficient (Wildman–Crippen LogP) is 0.474. The van der Waals surface area contributed by atoms with Crippen molar-refractivity contribution in [1.29, 1.82) is 0 Å². The number of halogens is 1. The summed E-state index contributed by atoms with van der Waals surface area (Å²) in [7, 11) is 3.81. The molecule has 0 amide bonds. The number of carboxylic acid groups (broad SMARTS) is 2. The van der Waals surface area contributed by atoms with E-state index in [0.29, 0.717) is 30.5 Å². The van der Waals surface area contributed by atoms with Crippen molar-refractivity contribution in [2.24, 2.45) is 11.8 Å². The molecule has 0 bridgehead atoms. The molecule has 0 saturated heterocycles. The SMILES string of the molecule is CC(COCC(O)CN(CCN(C)C)CC(=O)O)CC(CI)C(=O)O. The molecule has 0 aliphatic heterocycles.